The Morgan fingerprint density at radius 2 is 1.82 bits per heavy atom. The van der Waals surface area contributed by atoms with Gasteiger partial charge in [-0.1, -0.05) is 17.7 Å². The molecule has 0 aliphatic carbocycles. The summed E-state index contributed by atoms with van der Waals surface area (Å²) in [6.45, 7) is 3.72. The Morgan fingerprint density at radius 1 is 1.07 bits per heavy atom. The number of methoxy groups -OCH3 is 1. The van der Waals surface area contributed by atoms with Crippen LogP contribution >= 0.6 is 11.6 Å². The molecule has 5 nitrogen and oxygen atoms in total. The zero-order valence-electron chi connectivity index (χ0n) is 15.9. The van der Waals surface area contributed by atoms with Crippen molar-refractivity contribution in [2.24, 2.45) is 0 Å². The highest BCUT2D eigenvalue weighted by Crippen LogP contribution is 2.26. The lowest BCUT2D eigenvalue weighted by atomic mass is 10.1. The normalized spacial score (nSPS) is 11.7. The van der Waals surface area contributed by atoms with Crippen LogP contribution in [0.4, 0.5) is 5.69 Å². The Labute approximate surface area is 169 Å². The van der Waals surface area contributed by atoms with Crippen molar-refractivity contribution in [2.45, 2.75) is 20.0 Å². The quantitative estimate of drug-likeness (QED) is 0.572. The van der Waals surface area contributed by atoms with E-state index in [2.05, 4.69) is 10.3 Å². The number of hydrogen-bond acceptors (Lipinski definition) is 4. The molecule has 6 heteroatoms. The van der Waals surface area contributed by atoms with Crippen LogP contribution in [0.2, 0.25) is 5.02 Å². The number of aryl methyl sites for hydroxylation is 1. The summed E-state index contributed by atoms with van der Waals surface area (Å²) in [4.78, 5) is 17.1. The van der Waals surface area contributed by atoms with Gasteiger partial charge in [-0.3, -0.25) is 9.78 Å². The Morgan fingerprint density at radius 3 is 2.50 bits per heavy atom. The number of carbonyl (C=O) groups excluding carboxylic acids is 1. The van der Waals surface area contributed by atoms with Crippen molar-refractivity contribution in [2.75, 3.05) is 12.4 Å². The van der Waals surface area contributed by atoms with Gasteiger partial charge >= 0.3 is 0 Å². The van der Waals surface area contributed by atoms with Gasteiger partial charge in [0.05, 0.1) is 23.1 Å². The molecule has 1 heterocycles. The number of ether oxygens (including phenoxy) is 2. The summed E-state index contributed by atoms with van der Waals surface area (Å²) in [5.74, 6) is 1.04. The molecule has 1 amide bonds. The van der Waals surface area contributed by atoms with Gasteiger partial charge in [-0.25, -0.2) is 0 Å². The number of nitrogens with one attached hydrogen (secondary N) is 1. The van der Waals surface area contributed by atoms with E-state index < -0.39 is 0 Å². The van der Waals surface area contributed by atoms with Crippen LogP contribution in [0.25, 0.3) is 0 Å². The summed E-state index contributed by atoms with van der Waals surface area (Å²) in [6, 6.07) is 17.8. The molecule has 1 atom stereocenters. The molecule has 2 aromatic carbocycles. The zero-order valence-corrected chi connectivity index (χ0v) is 16.7. The van der Waals surface area contributed by atoms with E-state index in [1.165, 1.54) is 0 Å². The Bertz CT molecular complexity index is 974. The maximum absolute atomic E-state index is 12.7. The first-order chi connectivity index (χ1) is 13.5. The van der Waals surface area contributed by atoms with E-state index in [9.17, 15) is 4.79 Å². The molecule has 0 fully saturated rings. The highest BCUT2D eigenvalue weighted by Gasteiger charge is 2.14. The predicted octanol–water partition coefficient (Wildman–Crippen LogP) is 5.80. The van der Waals surface area contributed by atoms with E-state index in [1.807, 2.05) is 19.1 Å². The number of amides is 1. The molecule has 0 saturated heterocycles. The van der Waals surface area contributed by atoms with Crippen molar-refractivity contribution in [1.29, 1.82) is 0 Å². The molecule has 0 aliphatic heterocycles. The second-order valence-corrected chi connectivity index (χ2v) is 6.72. The molecule has 1 unspecified atom stereocenters. The second kappa shape index (κ2) is 8.87. The van der Waals surface area contributed by atoms with Gasteiger partial charge in [-0.05, 0) is 62.4 Å². The van der Waals surface area contributed by atoms with Crippen molar-refractivity contribution in [3.05, 3.63) is 82.6 Å². The van der Waals surface area contributed by atoms with Crippen molar-refractivity contribution >= 4 is 23.2 Å². The van der Waals surface area contributed by atoms with Crippen LogP contribution in [-0.2, 0) is 4.74 Å². The van der Waals surface area contributed by atoms with Crippen LogP contribution in [0.5, 0.6) is 11.5 Å². The van der Waals surface area contributed by atoms with E-state index in [1.54, 1.807) is 62.6 Å². The molecule has 0 spiro atoms. The summed E-state index contributed by atoms with van der Waals surface area (Å²) in [6.07, 6.45) is -0.127. The third kappa shape index (κ3) is 4.88. The standard InChI is InChI=1S/C22H21ClN2O3/c1-14-20(11-12-21(24-14)15(2)27-3)22(26)25-17-5-4-6-19(13-17)28-18-9-7-16(23)8-10-18/h4-13,15H,1-3H3,(H,25,26). The third-order valence-corrected chi connectivity index (χ3v) is 4.52. The molecule has 0 saturated carbocycles. The summed E-state index contributed by atoms with van der Waals surface area (Å²) in [5, 5.41) is 3.53. The molecule has 0 aliphatic rings. The van der Waals surface area contributed by atoms with E-state index in [4.69, 9.17) is 21.1 Å². The minimum Gasteiger partial charge on any atom is -0.457 e. The van der Waals surface area contributed by atoms with Gasteiger partial charge in [-0.2, -0.15) is 0 Å². The van der Waals surface area contributed by atoms with Gasteiger partial charge in [0, 0.05) is 23.9 Å². The summed E-state index contributed by atoms with van der Waals surface area (Å²) >= 11 is 5.89. The number of hydrogen-bond donors (Lipinski definition) is 1. The van der Waals surface area contributed by atoms with Gasteiger partial charge < -0.3 is 14.8 Å². The molecule has 1 aromatic heterocycles. The molecular formula is C22H21ClN2O3. The zero-order chi connectivity index (χ0) is 20.1. The fourth-order valence-corrected chi connectivity index (χ4v) is 2.77. The van der Waals surface area contributed by atoms with Crippen molar-refractivity contribution < 1.29 is 14.3 Å². The SMILES string of the molecule is COC(C)c1ccc(C(=O)Nc2cccc(Oc3ccc(Cl)cc3)c2)c(C)n1. The lowest BCUT2D eigenvalue weighted by Gasteiger charge is -2.13. The highest BCUT2D eigenvalue weighted by atomic mass is 35.5. The average molecular weight is 397 g/mol. The number of anilines is 1. The van der Waals surface area contributed by atoms with Gasteiger partial charge in [0.25, 0.3) is 5.91 Å². The number of nitrogens with zero attached hydrogens (tertiary/aromatic N) is 1. The largest absolute Gasteiger partial charge is 0.457 e. The van der Waals surface area contributed by atoms with Gasteiger partial charge in [0.2, 0.25) is 0 Å². The van der Waals surface area contributed by atoms with Crippen LogP contribution in [-0.4, -0.2) is 18.0 Å². The summed E-state index contributed by atoms with van der Waals surface area (Å²) in [7, 11) is 1.63. The van der Waals surface area contributed by atoms with Gasteiger partial charge in [-0.15, -0.1) is 0 Å². The molecule has 3 aromatic rings. The average Bonchev–Trinajstić information content (AvgIpc) is 2.69. The number of halogens is 1. The smallest absolute Gasteiger partial charge is 0.257 e. The molecule has 0 bridgehead atoms. The van der Waals surface area contributed by atoms with Gasteiger partial charge in [0.1, 0.15) is 11.5 Å². The van der Waals surface area contributed by atoms with Crippen molar-refractivity contribution in [1.82, 2.24) is 4.98 Å². The molecule has 28 heavy (non-hydrogen) atoms. The maximum atomic E-state index is 12.7. The van der Waals surface area contributed by atoms with Crippen LogP contribution in [0.15, 0.2) is 60.7 Å². The van der Waals surface area contributed by atoms with Crippen LogP contribution in [0.3, 0.4) is 0 Å². The number of carbonyl (C=O) groups is 1. The van der Waals surface area contributed by atoms with Crippen molar-refractivity contribution in [3.63, 3.8) is 0 Å². The first-order valence-electron chi connectivity index (χ1n) is 8.81. The second-order valence-electron chi connectivity index (χ2n) is 6.28. The van der Waals surface area contributed by atoms with Gasteiger partial charge in [0.15, 0.2) is 0 Å². The first-order valence-corrected chi connectivity index (χ1v) is 9.19. The summed E-state index contributed by atoms with van der Waals surface area (Å²) < 4.78 is 11.1. The number of benzene rings is 2. The van der Waals surface area contributed by atoms with E-state index >= 15 is 0 Å². The molecule has 144 valence electrons. The molecule has 1 N–H and O–H groups in total. The Hall–Kier alpha value is -2.89. The molecular weight excluding hydrogens is 376 g/mol. The lowest BCUT2D eigenvalue weighted by molar-refractivity contribution is 0.102. The Kier molecular flexibility index (Phi) is 6.29. The fourth-order valence-electron chi connectivity index (χ4n) is 2.64. The molecule has 0 radical (unpaired) electrons. The topological polar surface area (TPSA) is 60.5 Å². The monoisotopic (exact) mass is 396 g/mol. The Balaban J connectivity index is 1.73. The van der Waals surface area contributed by atoms with E-state index in [0.29, 0.717) is 33.5 Å². The highest BCUT2D eigenvalue weighted by molar-refractivity contribution is 6.30. The minimum absolute atomic E-state index is 0.127. The summed E-state index contributed by atoms with van der Waals surface area (Å²) in [5.41, 5.74) is 2.57. The van der Waals surface area contributed by atoms with Crippen LogP contribution < -0.4 is 10.1 Å². The maximum Gasteiger partial charge on any atom is 0.257 e. The third-order valence-electron chi connectivity index (χ3n) is 4.26. The predicted molar refractivity (Wildman–Crippen MR) is 110 cm³/mol. The number of rotatable bonds is 6. The first kappa shape index (κ1) is 19.9. The van der Waals surface area contributed by atoms with Crippen LogP contribution in [0, 0.1) is 6.92 Å². The van der Waals surface area contributed by atoms with Crippen LogP contribution in [0.1, 0.15) is 34.8 Å². The lowest BCUT2D eigenvalue weighted by Crippen LogP contribution is -2.15. The van der Waals surface area contributed by atoms with E-state index in [0.717, 1.165) is 5.69 Å². The van der Waals surface area contributed by atoms with Crippen molar-refractivity contribution in [3.8, 4) is 11.5 Å². The number of pyridine rings is 1. The number of aromatic nitrogens is 1. The van der Waals surface area contributed by atoms with E-state index in [-0.39, 0.29) is 12.0 Å². The minimum atomic E-state index is -0.231. The fraction of sp³-hybridized carbons (Fsp3) is 0.182. The molecule has 3 rings (SSSR count).